The topological polar surface area (TPSA) is 69.5 Å². The molecule has 1 N–H and O–H groups in total. The van der Waals surface area contributed by atoms with Gasteiger partial charge in [0.2, 0.25) is 0 Å². The maximum atomic E-state index is 8.66. The summed E-state index contributed by atoms with van der Waals surface area (Å²) in [4.78, 5) is 0. The summed E-state index contributed by atoms with van der Waals surface area (Å²) in [7, 11) is 0. The van der Waals surface area contributed by atoms with Gasteiger partial charge in [-0.15, -0.1) is 0 Å². The summed E-state index contributed by atoms with van der Waals surface area (Å²) in [6.07, 6.45) is 1.64. The fraction of sp³-hybridized carbons (Fsp3) is 0.769. The Kier molecular flexibility index (Phi) is 4.25. The Morgan fingerprint density at radius 2 is 2.11 bits per heavy atom. The van der Waals surface area contributed by atoms with Gasteiger partial charge in [0.1, 0.15) is 18.3 Å². The lowest BCUT2D eigenvalue weighted by Gasteiger charge is -2.23. The number of hydrogen-bond donors (Lipinski definition) is 1. The molecule has 2 fully saturated rings. The molecule has 2 rings (SSSR count). The molecule has 2 saturated heterocycles. The van der Waals surface area contributed by atoms with Crippen molar-refractivity contribution in [1.29, 1.82) is 0 Å². The highest BCUT2D eigenvalue weighted by atomic mass is 16.8. The van der Waals surface area contributed by atoms with E-state index < -0.39 is 18.2 Å². The third kappa shape index (κ3) is 3.33. The van der Waals surface area contributed by atoms with Crippen LogP contribution in [-0.2, 0) is 18.9 Å². The first-order chi connectivity index (χ1) is 8.93. The molecular weight excluding hydrogens is 250 g/mol. The predicted molar refractivity (Wildman–Crippen MR) is 68.1 cm³/mol. The van der Waals surface area contributed by atoms with Crippen molar-refractivity contribution in [1.82, 2.24) is 0 Å². The maximum absolute atomic E-state index is 8.66. The number of allylic oxidation sites excluding steroid dienone is 1. The van der Waals surface area contributed by atoms with E-state index >= 15 is 0 Å². The molecule has 6 nitrogen and oxygen atoms in total. The summed E-state index contributed by atoms with van der Waals surface area (Å²) >= 11 is 0. The number of nitrogens with zero attached hydrogens (tertiary/aromatic N) is 1. The van der Waals surface area contributed by atoms with Gasteiger partial charge in [0.05, 0.1) is 12.8 Å². The van der Waals surface area contributed by atoms with Crippen LogP contribution in [0.3, 0.4) is 0 Å². The fourth-order valence-corrected chi connectivity index (χ4v) is 2.21. The van der Waals surface area contributed by atoms with Crippen molar-refractivity contribution in [3.63, 3.8) is 0 Å². The minimum Gasteiger partial charge on any atom is -0.411 e. The molecule has 0 saturated carbocycles. The summed E-state index contributed by atoms with van der Waals surface area (Å²) in [6.45, 7) is 8.12. The van der Waals surface area contributed by atoms with Crippen LogP contribution in [0.5, 0.6) is 0 Å². The predicted octanol–water partition coefficient (Wildman–Crippen LogP) is 1.67. The van der Waals surface area contributed by atoms with E-state index in [4.69, 9.17) is 24.2 Å². The zero-order chi connectivity index (χ0) is 14.0. The molecule has 0 bridgehead atoms. The SMILES string of the molecule is CC(C)=CCO[C@@H]1[C@H]2OC(C)(C)O[C@H]2O[C@@H]1/C=N/O. The Morgan fingerprint density at radius 1 is 1.37 bits per heavy atom. The van der Waals surface area contributed by atoms with Crippen LogP contribution in [0.2, 0.25) is 0 Å². The molecule has 2 heterocycles. The lowest BCUT2D eigenvalue weighted by atomic mass is 10.1. The van der Waals surface area contributed by atoms with Crippen molar-refractivity contribution in [2.75, 3.05) is 6.61 Å². The molecule has 0 aromatic rings. The van der Waals surface area contributed by atoms with E-state index in [9.17, 15) is 0 Å². The molecule has 2 aliphatic heterocycles. The molecule has 4 atom stereocenters. The van der Waals surface area contributed by atoms with E-state index in [1.807, 2.05) is 33.8 Å². The summed E-state index contributed by atoms with van der Waals surface area (Å²) in [6, 6.07) is 0. The molecule has 0 radical (unpaired) electrons. The number of hydrogen-bond acceptors (Lipinski definition) is 6. The van der Waals surface area contributed by atoms with Crippen LogP contribution < -0.4 is 0 Å². The highest BCUT2D eigenvalue weighted by Crippen LogP contribution is 2.38. The summed E-state index contributed by atoms with van der Waals surface area (Å²) < 4.78 is 22.8. The van der Waals surface area contributed by atoms with Gasteiger partial charge in [-0.1, -0.05) is 16.8 Å². The Hall–Kier alpha value is -0.950. The van der Waals surface area contributed by atoms with Crippen molar-refractivity contribution in [2.24, 2.45) is 5.16 Å². The molecule has 0 aromatic heterocycles. The second-order valence-corrected chi connectivity index (χ2v) is 5.41. The first kappa shape index (κ1) is 14.5. The smallest absolute Gasteiger partial charge is 0.190 e. The number of rotatable bonds is 4. The zero-order valence-electron chi connectivity index (χ0n) is 11.7. The Balaban J connectivity index is 2.04. The zero-order valence-corrected chi connectivity index (χ0v) is 11.7. The van der Waals surface area contributed by atoms with E-state index in [0.717, 1.165) is 0 Å². The van der Waals surface area contributed by atoms with Crippen molar-refractivity contribution in [2.45, 2.75) is 58.1 Å². The van der Waals surface area contributed by atoms with Crippen molar-refractivity contribution in [3.05, 3.63) is 11.6 Å². The van der Waals surface area contributed by atoms with Gasteiger partial charge in [-0.05, 0) is 27.7 Å². The van der Waals surface area contributed by atoms with E-state index in [0.29, 0.717) is 6.61 Å². The van der Waals surface area contributed by atoms with Crippen LogP contribution in [0.25, 0.3) is 0 Å². The van der Waals surface area contributed by atoms with E-state index in [2.05, 4.69) is 5.16 Å². The summed E-state index contributed by atoms with van der Waals surface area (Å²) in [5.41, 5.74) is 1.17. The van der Waals surface area contributed by atoms with Crippen LogP contribution >= 0.6 is 0 Å². The second-order valence-electron chi connectivity index (χ2n) is 5.41. The Morgan fingerprint density at radius 3 is 2.74 bits per heavy atom. The van der Waals surface area contributed by atoms with Crippen molar-refractivity contribution >= 4 is 6.21 Å². The van der Waals surface area contributed by atoms with Gasteiger partial charge in [-0.3, -0.25) is 0 Å². The van der Waals surface area contributed by atoms with Gasteiger partial charge < -0.3 is 24.2 Å². The van der Waals surface area contributed by atoms with Crippen molar-refractivity contribution < 1.29 is 24.2 Å². The molecule has 2 aliphatic rings. The molecule has 0 aliphatic carbocycles. The fourth-order valence-electron chi connectivity index (χ4n) is 2.21. The molecule has 0 aromatic carbocycles. The standard InChI is InChI=1S/C13H21NO5/c1-8(2)5-6-16-10-9(7-14-15)17-12-11(10)18-13(3,4)19-12/h5,7,9-12,15H,6H2,1-4H3/b14-7+/t9-,10+,11-,12-/m1/s1. The van der Waals surface area contributed by atoms with Gasteiger partial charge in [0.25, 0.3) is 0 Å². The third-order valence-electron chi connectivity index (χ3n) is 3.02. The van der Waals surface area contributed by atoms with E-state index in [1.54, 1.807) is 0 Å². The van der Waals surface area contributed by atoms with Crippen LogP contribution in [0.1, 0.15) is 27.7 Å². The average molecular weight is 271 g/mol. The molecule has 6 heteroatoms. The number of oxime groups is 1. The van der Waals surface area contributed by atoms with E-state index in [1.165, 1.54) is 11.8 Å². The van der Waals surface area contributed by atoms with Gasteiger partial charge in [0.15, 0.2) is 12.1 Å². The highest BCUT2D eigenvalue weighted by Gasteiger charge is 2.55. The largest absolute Gasteiger partial charge is 0.411 e. The van der Waals surface area contributed by atoms with Crippen LogP contribution in [0.15, 0.2) is 16.8 Å². The summed E-state index contributed by atoms with van der Waals surface area (Å²) in [5, 5.41) is 11.7. The summed E-state index contributed by atoms with van der Waals surface area (Å²) in [5.74, 6) is -0.686. The minimum atomic E-state index is -0.686. The molecule has 108 valence electrons. The number of fused-ring (bicyclic) bond motifs is 1. The molecule has 0 amide bonds. The van der Waals surface area contributed by atoms with Gasteiger partial charge in [-0.2, -0.15) is 0 Å². The first-order valence-electron chi connectivity index (χ1n) is 6.36. The molecule has 19 heavy (non-hydrogen) atoms. The Labute approximate surface area is 113 Å². The molecule has 0 unspecified atom stereocenters. The highest BCUT2D eigenvalue weighted by molar-refractivity contribution is 5.64. The lowest BCUT2D eigenvalue weighted by Crippen LogP contribution is -2.37. The van der Waals surface area contributed by atoms with Crippen LogP contribution in [0.4, 0.5) is 0 Å². The second kappa shape index (κ2) is 5.58. The van der Waals surface area contributed by atoms with Crippen LogP contribution in [-0.4, -0.2) is 48.4 Å². The van der Waals surface area contributed by atoms with Crippen LogP contribution in [0, 0.1) is 0 Å². The maximum Gasteiger partial charge on any atom is 0.190 e. The third-order valence-corrected chi connectivity index (χ3v) is 3.02. The van der Waals surface area contributed by atoms with Gasteiger partial charge in [0, 0.05) is 0 Å². The Bertz CT molecular complexity index is 375. The van der Waals surface area contributed by atoms with Gasteiger partial charge >= 0.3 is 0 Å². The average Bonchev–Trinajstić information content (AvgIpc) is 2.72. The molecule has 0 spiro atoms. The van der Waals surface area contributed by atoms with E-state index in [-0.39, 0.29) is 12.2 Å². The number of ether oxygens (including phenoxy) is 4. The normalized spacial score (nSPS) is 36.6. The first-order valence-corrected chi connectivity index (χ1v) is 6.36. The van der Waals surface area contributed by atoms with Gasteiger partial charge in [-0.25, -0.2) is 0 Å². The van der Waals surface area contributed by atoms with Crippen molar-refractivity contribution in [3.8, 4) is 0 Å². The quantitative estimate of drug-likeness (QED) is 0.364. The lowest BCUT2D eigenvalue weighted by molar-refractivity contribution is -0.209. The molecular formula is C13H21NO5. The minimum absolute atomic E-state index is 0.316. The monoisotopic (exact) mass is 271 g/mol.